The van der Waals surface area contributed by atoms with E-state index in [0.29, 0.717) is 33.9 Å². The van der Waals surface area contributed by atoms with Gasteiger partial charge in [-0.05, 0) is 47.9 Å². The molecule has 4 atom stereocenters. The van der Waals surface area contributed by atoms with Crippen LogP contribution in [0.15, 0.2) is 91.4 Å². The molecule has 16 heteroatoms. The topological polar surface area (TPSA) is 230 Å². The summed E-state index contributed by atoms with van der Waals surface area (Å²) in [6, 6.07) is 16.3. The number of carboxylic acid groups (broad SMARTS) is 2. The van der Waals surface area contributed by atoms with Gasteiger partial charge in [-0.3, -0.25) is 19.7 Å². The number of aromatic nitrogens is 2. The Bertz CT molecular complexity index is 1760. The highest BCUT2D eigenvalue weighted by Crippen LogP contribution is 2.26. The molecule has 0 bridgehead atoms. The first-order valence-corrected chi connectivity index (χ1v) is 16.5. The molecule has 0 aliphatic carbocycles. The second-order valence-electron chi connectivity index (χ2n) is 11.9. The first-order valence-electron chi connectivity index (χ1n) is 16.5. The Morgan fingerprint density at radius 1 is 0.774 bits per heavy atom. The number of alkyl carbamates (subject to hydrolysis) is 1. The van der Waals surface area contributed by atoms with E-state index in [2.05, 4.69) is 31.2 Å². The molecule has 4 aromatic rings. The summed E-state index contributed by atoms with van der Waals surface area (Å²) in [5.41, 5.74) is 2.43. The van der Waals surface area contributed by atoms with E-state index in [0.717, 1.165) is 0 Å². The fraction of sp³-hybridized carbons (Fsp3) is 0.297. The van der Waals surface area contributed by atoms with Crippen LogP contribution >= 0.6 is 0 Å². The van der Waals surface area contributed by atoms with Crippen molar-refractivity contribution in [3.63, 3.8) is 0 Å². The van der Waals surface area contributed by atoms with Crippen LogP contribution in [0.25, 0.3) is 0 Å². The Balaban J connectivity index is 1.55. The molecule has 1 heterocycles. The molecular formula is C37H42N6O10. The number of rotatable bonds is 19. The van der Waals surface area contributed by atoms with Crippen LogP contribution in [-0.2, 0) is 36.9 Å². The van der Waals surface area contributed by atoms with Crippen molar-refractivity contribution in [2.45, 2.75) is 56.6 Å². The molecule has 0 aliphatic rings. The fourth-order valence-corrected chi connectivity index (χ4v) is 5.37. The Morgan fingerprint density at radius 3 is 1.89 bits per heavy atom. The summed E-state index contributed by atoms with van der Waals surface area (Å²) in [7, 11) is 3.05. The maximum absolute atomic E-state index is 13.7. The second kappa shape index (κ2) is 19.3. The van der Waals surface area contributed by atoms with E-state index in [9.17, 15) is 34.2 Å². The van der Waals surface area contributed by atoms with Crippen LogP contribution in [-0.4, -0.2) is 88.4 Å². The van der Waals surface area contributed by atoms with Crippen molar-refractivity contribution < 1.29 is 48.4 Å². The number of ether oxygens (including phenoxy) is 3. The van der Waals surface area contributed by atoms with E-state index in [4.69, 9.17) is 14.2 Å². The third-order valence-electron chi connectivity index (χ3n) is 8.21. The largest absolute Gasteiger partial charge is 0.497 e. The lowest BCUT2D eigenvalue weighted by molar-refractivity contribution is -0.144. The average molecular weight is 731 g/mol. The zero-order valence-electron chi connectivity index (χ0n) is 29.3. The summed E-state index contributed by atoms with van der Waals surface area (Å²) in [6.45, 7) is 1.24. The van der Waals surface area contributed by atoms with E-state index < -0.39 is 66.5 Å². The maximum atomic E-state index is 13.7. The predicted octanol–water partition coefficient (Wildman–Crippen LogP) is 2.56. The number of aliphatic carboxylic acids is 2. The van der Waals surface area contributed by atoms with Crippen LogP contribution < -0.4 is 30.7 Å². The van der Waals surface area contributed by atoms with Gasteiger partial charge in [0.2, 0.25) is 11.8 Å². The van der Waals surface area contributed by atoms with Gasteiger partial charge >= 0.3 is 18.0 Å². The summed E-state index contributed by atoms with van der Waals surface area (Å²) in [5, 5.41) is 30.2. The molecule has 280 valence electrons. The van der Waals surface area contributed by atoms with E-state index >= 15 is 0 Å². The summed E-state index contributed by atoms with van der Waals surface area (Å²) >= 11 is 0. The SMILES string of the molecule is COc1ccc(C(NC(=O)C[C@H](NC(=O)OCc2ccccc2)C(=O)N[C@H](C(=O)O)[C@@H](C)N[C@H](Cc2c[nH]cn2)C(=O)O)c2ccc(OC)cc2)cc1. The highest BCUT2D eigenvalue weighted by molar-refractivity contribution is 5.93. The van der Waals surface area contributed by atoms with Crippen molar-refractivity contribution in [1.82, 2.24) is 31.2 Å². The molecule has 4 rings (SSSR count). The summed E-state index contributed by atoms with van der Waals surface area (Å²) in [6.07, 6.45) is 1.14. The first kappa shape index (κ1) is 39.4. The predicted molar refractivity (Wildman–Crippen MR) is 190 cm³/mol. The normalized spacial score (nSPS) is 13.1. The van der Waals surface area contributed by atoms with E-state index in [1.807, 2.05) is 0 Å². The van der Waals surface area contributed by atoms with Gasteiger partial charge in [0, 0.05) is 18.7 Å². The number of amides is 3. The minimum absolute atomic E-state index is 0.0787. The molecule has 0 saturated carbocycles. The van der Waals surface area contributed by atoms with Crippen LogP contribution in [0, 0.1) is 0 Å². The van der Waals surface area contributed by atoms with Crippen molar-refractivity contribution in [3.8, 4) is 11.5 Å². The molecular weight excluding hydrogens is 688 g/mol. The molecule has 7 N–H and O–H groups in total. The molecule has 53 heavy (non-hydrogen) atoms. The highest BCUT2D eigenvalue weighted by Gasteiger charge is 2.34. The first-order chi connectivity index (χ1) is 25.5. The summed E-state index contributed by atoms with van der Waals surface area (Å²) in [4.78, 5) is 71.5. The van der Waals surface area contributed by atoms with Gasteiger partial charge < -0.3 is 45.4 Å². The third-order valence-corrected chi connectivity index (χ3v) is 8.21. The zero-order valence-corrected chi connectivity index (χ0v) is 29.3. The number of methoxy groups -OCH3 is 2. The van der Waals surface area contributed by atoms with Crippen molar-refractivity contribution in [2.24, 2.45) is 0 Å². The number of carbonyl (C=O) groups excluding carboxylic acids is 3. The van der Waals surface area contributed by atoms with Crippen LogP contribution in [0.4, 0.5) is 4.79 Å². The number of imidazole rings is 1. The number of hydrogen-bond acceptors (Lipinski definition) is 10. The Labute approximate surface area is 305 Å². The van der Waals surface area contributed by atoms with Crippen LogP contribution in [0.3, 0.4) is 0 Å². The van der Waals surface area contributed by atoms with Crippen molar-refractivity contribution in [3.05, 3.63) is 114 Å². The van der Waals surface area contributed by atoms with E-state index in [-0.39, 0.29) is 13.0 Å². The maximum Gasteiger partial charge on any atom is 0.408 e. The van der Waals surface area contributed by atoms with Crippen molar-refractivity contribution in [2.75, 3.05) is 14.2 Å². The van der Waals surface area contributed by atoms with E-state index in [1.54, 1.807) is 78.9 Å². The van der Waals surface area contributed by atoms with E-state index in [1.165, 1.54) is 33.7 Å². The van der Waals surface area contributed by atoms with Gasteiger partial charge in [-0.1, -0.05) is 54.6 Å². The standard InChI is InChI=1S/C37H42N6O10/c1-22(40-30(35(46)47)17-26-19-38-21-39-26)32(36(48)49)43-34(45)29(41-37(50)53-20-23-7-5-4-6-8-23)18-31(44)42-33(24-9-13-27(51-2)14-10-24)25-11-15-28(52-3)16-12-25/h4-16,19,21-22,29-30,32-33,40H,17-18,20H2,1-3H3,(H,38,39)(H,41,50)(H,42,44)(H,43,45)(H,46,47)(H,48,49)/t22-,29+,30-,32+/m1/s1. The molecule has 0 saturated heterocycles. The molecule has 0 aliphatic heterocycles. The number of carboxylic acids is 2. The fourth-order valence-electron chi connectivity index (χ4n) is 5.37. The van der Waals surface area contributed by atoms with Crippen LogP contribution in [0.2, 0.25) is 0 Å². The zero-order chi connectivity index (χ0) is 38.3. The molecule has 16 nitrogen and oxygen atoms in total. The van der Waals surface area contributed by atoms with Crippen molar-refractivity contribution >= 4 is 29.8 Å². The molecule has 1 aromatic heterocycles. The third kappa shape index (κ3) is 11.8. The van der Waals surface area contributed by atoms with Gasteiger partial charge in [0.25, 0.3) is 0 Å². The quantitative estimate of drug-likeness (QED) is 0.0738. The Kier molecular flexibility index (Phi) is 14.3. The minimum Gasteiger partial charge on any atom is -0.497 e. The lowest BCUT2D eigenvalue weighted by Gasteiger charge is -2.28. The van der Waals surface area contributed by atoms with Crippen molar-refractivity contribution in [1.29, 1.82) is 0 Å². The summed E-state index contributed by atoms with van der Waals surface area (Å²) < 4.78 is 15.8. The highest BCUT2D eigenvalue weighted by atomic mass is 16.5. The van der Waals surface area contributed by atoms with Crippen LogP contribution in [0.5, 0.6) is 11.5 Å². The van der Waals surface area contributed by atoms with Gasteiger partial charge in [-0.15, -0.1) is 0 Å². The molecule has 0 fully saturated rings. The number of nitrogens with zero attached hydrogens (tertiary/aromatic N) is 1. The number of aromatic amines is 1. The monoisotopic (exact) mass is 730 g/mol. The number of nitrogens with one attached hydrogen (secondary N) is 5. The molecule has 0 radical (unpaired) electrons. The molecule has 0 spiro atoms. The Morgan fingerprint density at radius 2 is 1.38 bits per heavy atom. The molecule has 3 aromatic carbocycles. The van der Waals surface area contributed by atoms with Gasteiger partial charge in [0.05, 0.1) is 38.7 Å². The number of carbonyl (C=O) groups is 5. The minimum atomic E-state index is -1.68. The average Bonchev–Trinajstić information content (AvgIpc) is 3.68. The lowest BCUT2D eigenvalue weighted by Crippen LogP contribution is -2.60. The van der Waals surface area contributed by atoms with Gasteiger partial charge in [0.1, 0.15) is 36.2 Å². The number of H-pyrrole nitrogens is 1. The van der Waals surface area contributed by atoms with Gasteiger partial charge in [-0.2, -0.15) is 0 Å². The lowest BCUT2D eigenvalue weighted by atomic mass is 9.98. The van der Waals surface area contributed by atoms with Crippen LogP contribution in [0.1, 0.15) is 41.8 Å². The Hall–Kier alpha value is -6.42. The smallest absolute Gasteiger partial charge is 0.408 e. The molecule has 3 amide bonds. The number of benzene rings is 3. The summed E-state index contributed by atoms with van der Waals surface area (Å²) in [5.74, 6) is -3.27. The number of hydrogen-bond donors (Lipinski definition) is 7. The second-order valence-corrected chi connectivity index (χ2v) is 11.9. The molecule has 0 unspecified atom stereocenters. The van der Waals surface area contributed by atoms with Gasteiger partial charge in [-0.25, -0.2) is 14.6 Å². The van der Waals surface area contributed by atoms with Gasteiger partial charge in [0.15, 0.2) is 0 Å².